The van der Waals surface area contributed by atoms with Gasteiger partial charge in [-0.3, -0.25) is 0 Å². The summed E-state index contributed by atoms with van der Waals surface area (Å²) in [6.45, 7) is 2.20. The predicted molar refractivity (Wildman–Crippen MR) is 50.5 cm³/mol. The Morgan fingerprint density at radius 3 is 2.69 bits per heavy atom. The molecule has 0 aliphatic rings. The monoisotopic (exact) mass is 181 g/mol. The molecule has 0 radical (unpaired) electrons. The van der Waals surface area contributed by atoms with Gasteiger partial charge in [0.25, 0.3) is 0 Å². The van der Waals surface area contributed by atoms with Crippen molar-refractivity contribution in [1.82, 2.24) is 5.48 Å². The average molecular weight is 181 g/mol. The van der Waals surface area contributed by atoms with E-state index in [1.807, 2.05) is 24.3 Å². The first-order chi connectivity index (χ1) is 6.22. The van der Waals surface area contributed by atoms with Crippen molar-refractivity contribution in [2.24, 2.45) is 0 Å². The van der Waals surface area contributed by atoms with Crippen LogP contribution in [0.1, 0.15) is 18.1 Å². The van der Waals surface area contributed by atoms with Crippen LogP contribution in [0, 0.1) is 0 Å². The van der Waals surface area contributed by atoms with Crippen molar-refractivity contribution in [3.8, 4) is 0 Å². The van der Waals surface area contributed by atoms with E-state index in [1.54, 1.807) is 6.92 Å². The minimum absolute atomic E-state index is 0.322. The van der Waals surface area contributed by atoms with Crippen LogP contribution in [0.25, 0.3) is 0 Å². The standard InChI is InChI=1S/C10H15NO2/c1-8(12)5-9-3-2-4-10(6-9)7-11-13/h2-4,6,8,11-13H,5,7H2,1H3. The van der Waals surface area contributed by atoms with E-state index in [1.165, 1.54) is 0 Å². The van der Waals surface area contributed by atoms with Gasteiger partial charge in [-0.25, -0.2) is 5.48 Å². The van der Waals surface area contributed by atoms with E-state index in [2.05, 4.69) is 5.48 Å². The Hall–Kier alpha value is -0.900. The molecule has 0 aliphatic carbocycles. The number of hydrogen-bond acceptors (Lipinski definition) is 3. The molecule has 72 valence electrons. The van der Waals surface area contributed by atoms with Crippen LogP contribution in [0.4, 0.5) is 0 Å². The number of hydrogen-bond donors (Lipinski definition) is 3. The van der Waals surface area contributed by atoms with Gasteiger partial charge in [0.1, 0.15) is 0 Å². The quantitative estimate of drug-likeness (QED) is 0.609. The Labute approximate surface area is 78.0 Å². The maximum absolute atomic E-state index is 9.16. The highest BCUT2D eigenvalue weighted by Crippen LogP contribution is 2.07. The molecule has 0 fully saturated rings. The number of aliphatic hydroxyl groups is 1. The van der Waals surface area contributed by atoms with Crippen LogP contribution in [-0.2, 0) is 13.0 Å². The van der Waals surface area contributed by atoms with Gasteiger partial charge in [-0.2, -0.15) is 0 Å². The van der Waals surface area contributed by atoms with Crippen LogP contribution in [0.15, 0.2) is 24.3 Å². The van der Waals surface area contributed by atoms with E-state index < -0.39 is 0 Å². The number of benzene rings is 1. The highest BCUT2D eigenvalue weighted by atomic mass is 16.5. The molecule has 1 unspecified atom stereocenters. The van der Waals surface area contributed by atoms with Gasteiger partial charge >= 0.3 is 0 Å². The summed E-state index contributed by atoms with van der Waals surface area (Å²) >= 11 is 0. The molecule has 1 atom stereocenters. The van der Waals surface area contributed by atoms with E-state index in [9.17, 15) is 0 Å². The number of aliphatic hydroxyl groups excluding tert-OH is 1. The SMILES string of the molecule is CC(O)Cc1cccc(CNO)c1. The fraction of sp³-hybridized carbons (Fsp3) is 0.400. The molecule has 3 heteroatoms. The topological polar surface area (TPSA) is 52.5 Å². The number of nitrogens with one attached hydrogen (secondary N) is 1. The van der Waals surface area contributed by atoms with Gasteiger partial charge in [0.2, 0.25) is 0 Å². The van der Waals surface area contributed by atoms with Gasteiger partial charge in [0.15, 0.2) is 0 Å². The fourth-order valence-corrected chi connectivity index (χ4v) is 1.30. The second kappa shape index (κ2) is 4.97. The van der Waals surface area contributed by atoms with E-state index >= 15 is 0 Å². The zero-order chi connectivity index (χ0) is 9.68. The molecular weight excluding hydrogens is 166 g/mol. The van der Waals surface area contributed by atoms with Crippen molar-refractivity contribution in [3.63, 3.8) is 0 Å². The maximum atomic E-state index is 9.16. The summed E-state index contributed by atoms with van der Waals surface area (Å²) in [7, 11) is 0. The molecular formula is C10H15NO2. The molecule has 0 saturated carbocycles. The minimum Gasteiger partial charge on any atom is -0.393 e. The summed E-state index contributed by atoms with van der Waals surface area (Å²) in [5, 5.41) is 17.7. The summed E-state index contributed by atoms with van der Waals surface area (Å²) in [4.78, 5) is 0. The molecule has 0 bridgehead atoms. The minimum atomic E-state index is -0.322. The van der Waals surface area contributed by atoms with Gasteiger partial charge in [0, 0.05) is 6.54 Å². The van der Waals surface area contributed by atoms with E-state index in [-0.39, 0.29) is 6.10 Å². The Kier molecular flexibility index (Phi) is 3.89. The first-order valence-corrected chi connectivity index (χ1v) is 4.35. The van der Waals surface area contributed by atoms with Crippen LogP contribution >= 0.6 is 0 Å². The zero-order valence-electron chi connectivity index (χ0n) is 7.70. The van der Waals surface area contributed by atoms with Gasteiger partial charge in [-0.1, -0.05) is 24.3 Å². The van der Waals surface area contributed by atoms with Gasteiger partial charge in [-0.15, -0.1) is 0 Å². The van der Waals surface area contributed by atoms with Crippen LogP contribution in [-0.4, -0.2) is 16.4 Å². The first kappa shape index (κ1) is 10.2. The van der Waals surface area contributed by atoms with Crippen molar-refractivity contribution >= 4 is 0 Å². The Morgan fingerprint density at radius 1 is 1.38 bits per heavy atom. The molecule has 1 aromatic rings. The lowest BCUT2D eigenvalue weighted by Gasteiger charge is -2.06. The van der Waals surface area contributed by atoms with Crippen LogP contribution in [0.3, 0.4) is 0 Å². The summed E-state index contributed by atoms with van der Waals surface area (Å²) in [6.07, 6.45) is 0.330. The molecule has 1 rings (SSSR count). The smallest absolute Gasteiger partial charge is 0.0552 e. The second-order valence-corrected chi connectivity index (χ2v) is 3.21. The third kappa shape index (κ3) is 3.55. The van der Waals surface area contributed by atoms with Crippen molar-refractivity contribution in [3.05, 3.63) is 35.4 Å². The van der Waals surface area contributed by atoms with Gasteiger partial charge in [-0.05, 0) is 24.5 Å². The Morgan fingerprint density at radius 2 is 2.08 bits per heavy atom. The lowest BCUT2D eigenvalue weighted by atomic mass is 10.1. The summed E-state index contributed by atoms with van der Waals surface area (Å²) in [6, 6.07) is 7.78. The van der Waals surface area contributed by atoms with E-state index in [0.29, 0.717) is 13.0 Å². The number of hydroxylamine groups is 1. The molecule has 13 heavy (non-hydrogen) atoms. The molecule has 0 aliphatic heterocycles. The number of rotatable bonds is 4. The fourth-order valence-electron chi connectivity index (χ4n) is 1.30. The van der Waals surface area contributed by atoms with Gasteiger partial charge < -0.3 is 10.3 Å². The summed E-state index contributed by atoms with van der Waals surface area (Å²) in [5.74, 6) is 0. The predicted octanol–water partition coefficient (Wildman–Crippen LogP) is 1.09. The molecule has 3 N–H and O–H groups in total. The maximum Gasteiger partial charge on any atom is 0.0552 e. The average Bonchev–Trinajstić information content (AvgIpc) is 2.04. The molecule has 0 aromatic heterocycles. The third-order valence-electron chi connectivity index (χ3n) is 1.81. The molecule has 1 aromatic carbocycles. The molecule has 0 amide bonds. The lowest BCUT2D eigenvalue weighted by Crippen LogP contribution is -2.08. The second-order valence-electron chi connectivity index (χ2n) is 3.21. The zero-order valence-corrected chi connectivity index (χ0v) is 7.70. The molecule has 0 saturated heterocycles. The highest BCUT2D eigenvalue weighted by Gasteiger charge is 1.99. The van der Waals surface area contributed by atoms with E-state index in [0.717, 1.165) is 11.1 Å². The molecule has 0 heterocycles. The highest BCUT2D eigenvalue weighted by molar-refractivity contribution is 5.23. The van der Waals surface area contributed by atoms with Crippen molar-refractivity contribution in [1.29, 1.82) is 0 Å². The summed E-state index contributed by atoms with van der Waals surface area (Å²) in [5.41, 5.74) is 4.20. The van der Waals surface area contributed by atoms with Crippen molar-refractivity contribution in [2.75, 3.05) is 0 Å². The normalized spacial score (nSPS) is 12.8. The van der Waals surface area contributed by atoms with Crippen LogP contribution < -0.4 is 5.48 Å². The van der Waals surface area contributed by atoms with Crippen LogP contribution in [0.5, 0.6) is 0 Å². The first-order valence-electron chi connectivity index (χ1n) is 4.35. The largest absolute Gasteiger partial charge is 0.393 e. The Balaban J connectivity index is 2.67. The molecule has 0 spiro atoms. The van der Waals surface area contributed by atoms with Crippen molar-refractivity contribution < 1.29 is 10.3 Å². The lowest BCUT2D eigenvalue weighted by molar-refractivity contribution is 0.161. The van der Waals surface area contributed by atoms with Gasteiger partial charge in [0.05, 0.1) is 6.10 Å². The van der Waals surface area contributed by atoms with E-state index in [4.69, 9.17) is 10.3 Å². The third-order valence-corrected chi connectivity index (χ3v) is 1.81. The van der Waals surface area contributed by atoms with Crippen LogP contribution in [0.2, 0.25) is 0 Å². The Bertz CT molecular complexity index is 261. The van der Waals surface area contributed by atoms with Crippen molar-refractivity contribution in [2.45, 2.75) is 26.0 Å². The molecule has 3 nitrogen and oxygen atoms in total. The summed E-state index contributed by atoms with van der Waals surface area (Å²) < 4.78 is 0.